The van der Waals surface area contributed by atoms with Gasteiger partial charge in [-0.3, -0.25) is 14.5 Å². The average Bonchev–Trinajstić information content (AvgIpc) is 2.84. The average molecular weight is 500 g/mol. The Morgan fingerprint density at radius 2 is 1.58 bits per heavy atom. The fourth-order valence-electron chi connectivity index (χ4n) is 4.31. The number of alkyl halides is 3. The Balaban J connectivity index is 1.45. The third kappa shape index (κ3) is 6.28. The molecule has 1 unspecified atom stereocenters. The van der Waals surface area contributed by atoms with Gasteiger partial charge in [-0.25, -0.2) is 4.39 Å². The van der Waals surface area contributed by atoms with Gasteiger partial charge in [-0.15, -0.1) is 0 Å². The first-order valence-corrected chi connectivity index (χ1v) is 11.5. The summed E-state index contributed by atoms with van der Waals surface area (Å²) >= 11 is 0. The first-order chi connectivity index (χ1) is 17.2. The number of amides is 2. The number of nitrogens with one attached hydrogen (secondary N) is 2. The summed E-state index contributed by atoms with van der Waals surface area (Å²) in [5.41, 5.74) is 1.54. The molecule has 2 N–H and O–H groups in total. The van der Waals surface area contributed by atoms with Crippen molar-refractivity contribution >= 4 is 17.5 Å². The third-order valence-corrected chi connectivity index (χ3v) is 6.13. The van der Waals surface area contributed by atoms with Gasteiger partial charge in [-0.2, -0.15) is 13.2 Å². The van der Waals surface area contributed by atoms with Gasteiger partial charge in [0.2, 0.25) is 11.8 Å². The molecule has 0 saturated carbocycles. The Morgan fingerprint density at radius 3 is 2.31 bits per heavy atom. The zero-order chi connectivity index (χ0) is 25.7. The van der Waals surface area contributed by atoms with E-state index < -0.39 is 23.7 Å². The van der Waals surface area contributed by atoms with E-state index >= 15 is 0 Å². The van der Waals surface area contributed by atoms with Crippen LogP contribution in [0.15, 0.2) is 72.8 Å². The predicted molar refractivity (Wildman–Crippen MR) is 128 cm³/mol. The van der Waals surface area contributed by atoms with Crippen LogP contribution in [0.3, 0.4) is 0 Å². The Bertz CT molecular complexity index is 1230. The summed E-state index contributed by atoms with van der Waals surface area (Å²) in [4.78, 5) is 27.5. The van der Waals surface area contributed by atoms with E-state index in [0.717, 1.165) is 22.8 Å². The minimum Gasteiger partial charge on any atom is -0.354 e. The van der Waals surface area contributed by atoms with E-state index in [1.165, 1.54) is 30.3 Å². The van der Waals surface area contributed by atoms with Crippen LogP contribution < -0.4 is 10.6 Å². The van der Waals surface area contributed by atoms with E-state index in [-0.39, 0.29) is 24.0 Å². The molecule has 3 aromatic rings. The SMILES string of the molecule is O=C(CN1Cc2ccccc2CC1C(=O)NCCc1ccc(F)cc1)Nc1ccccc1C(F)(F)F. The molecule has 4 rings (SSSR count). The molecular formula is C27H25F4N3O2. The first kappa shape index (κ1) is 25.4. The van der Waals surface area contributed by atoms with Crippen molar-refractivity contribution < 1.29 is 27.2 Å². The van der Waals surface area contributed by atoms with Crippen molar-refractivity contribution in [3.05, 3.63) is 101 Å². The number of hydrogen-bond donors (Lipinski definition) is 2. The summed E-state index contributed by atoms with van der Waals surface area (Å²) in [6, 6.07) is 17.7. The van der Waals surface area contributed by atoms with Gasteiger partial charge in [-0.1, -0.05) is 48.5 Å². The lowest BCUT2D eigenvalue weighted by molar-refractivity contribution is -0.137. The largest absolute Gasteiger partial charge is 0.418 e. The summed E-state index contributed by atoms with van der Waals surface area (Å²) in [5, 5.41) is 5.23. The Kier molecular flexibility index (Phi) is 7.69. The molecule has 0 fully saturated rings. The zero-order valence-corrected chi connectivity index (χ0v) is 19.3. The van der Waals surface area contributed by atoms with Gasteiger partial charge >= 0.3 is 6.18 Å². The second-order valence-corrected chi connectivity index (χ2v) is 8.65. The topological polar surface area (TPSA) is 61.4 Å². The number of hydrogen-bond acceptors (Lipinski definition) is 3. The maximum Gasteiger partial charge on any atom is 0.418 e. The molecule has 0 aromatic heterocycles. The number of nitrogens with zero attached hydrogens (tertiary/aromatic N) is 1. The van der Waals surface area contributed by atoms with E-state index in [4.69, 9.17) is 0 Å². The summed E-state index contributed by atoms with van der Waals surface area (Å²) in [7, 11) is 0. The highest BCUT2D eigenvalue weighted by Crippen LogP contribution is 2.34. The highest BCUT2D eigenvalue weighted by molar-refractivity contribution is 5.93. The van der Waals surface area contributed by atoms with E-state index in [9.17, 15) is 27.2 Å². The molecule has 1 heterocycles. The number of rotatable bonds is 7. The Hall–Kier alpha value is -3.72. The Morgan fingerprint density at radius 1 is 0.917 bits per heavy atom. The smallest absolute Gasteiger partial charge is 0.354 e. The highest BCUT2D eigenvalue weighted by atomic mass is 19.4. The van der Waals surface area contributed by atoms with E-state index in [1.54, 1.807) is 17.0 Å². The van der Waals surface area contributed by atoms with Crippen LogP contribution in [0.1, 0.15) is 22.3 Å². The van der Waals surface area contributed by atoms with Crippen molar-refractivity contribution in [1.82, 2.24) is 10.2 Å². The molecule has 0 spiro atoms. The number of para-hydroxylation sites is 1. The fourth-order valence-corrected chi connectivity index (χ4v) is 4.31. The quantitative estimate of drug-likeness (QED) is 0.469. The lowest BCUT2D eigenvalue weighted by atomic mass is 9.93. The highest BCUT2D eigenvalue weighted by Gasteiger charge is 2.35. The minimum absolute atomic E-state index is 0.253. The van der Waals surface area contributed by atoms with E-state index in [2.05, 4.69) is 10.6 Å². The van der Waals surface area contributed by atoms with Crippen molar-refractivity contribution in [2.24, 2.45) is 0 Å². The maximum atomic E-state index is 13.3. The van der Waals surface area contributed by atoms with Crippen LogP contribution in [-0.2, 0) is 35.2 Å². The molecule has 1 aliphatic rings. The number of fused-ring (bicyclic) bond motifs is 1. The Labute approximate surface area is 206 Å². The first-order valence-electron chi connectivity index (χ1n) is 11.5. The van der Waals surface area contributed by atoms with Crippen LogP contribution in [-0.4, -0.2) is 35.8 Å². The second kappa shape index (κ2) is 10.9. The molecule has 1 atom stereocenters. The van der Waals surface area contributed by atoms with Gasteiger partial charge in [0.1, 0.15) is 5.82 Å². The van der Waals surface area contributed by atoms with Gasteiger partial charge < -0.3 is 10.6 Å². The molecule has 2 amide bonds. The third-order valence-electron chi connectivity index (χ3n) is 6.13. The monoisotopic (exact) mass is 499 g/mol. The summed E-state index contributed by atoms with van der Waals surface area (Å²) < 4.78 is 53.1. The molecule has 36 heavy (non-hydrogen) atoms. The molecule has 188 valence electrons. The van der Waals surface area contributed by atoms with Crippen molar-refractivity contribution in [3.8, 4) is 0 Å². The molecule has 0 saturated heterocycles. The molecular weight excluding hydrogens is 474 g/mol. The summed E-state index contributed by atoms with van der Waals surface area (Å²) in [5.74, 6) is -1.26. The normalized spacial score (nSPS) is 15.7. The molecule has 5 nitrogen and oxygen atoms in total. The van der Waals surface area contributed by atoms with E-state index in [1.807, 2.05) is 24.3 Å². The minimum atomic E-state index is -4.61. The van der Waals surface area contributed by atoms with Gasteiger partial charge in [0.15, 0.2) is 0 Å². The van der Waals surface area contributed by atoms with Gasteiger partial charge in [0, 0.05) is 13.1 Å². The maximum absolute atomic E-state index is 13.3. The van der Waals surface area contributed by atoms with Crippen LogP contribution in [0.2, 0.25) is 0 Å². The molecule has 0 radical (unpaired) electrons. The van der Waals surface area contributed by atoms with Crippen LogP contribution in [0.25, 0.3) is 0 Å². The van der Waals surface area contributed by atoms with Gasteiger partial charge in [-0.05, 0) is 53.8 Å². The van der Waals surface area contributed by atoms with Gasteiger partial charge in [0.05, 0.1) is 23.8 Å². The van der Waals surface area contributed by atoms with Crippen molar-refractivity contribution in [2.45, 2.75) is 31.6 Å². The number of anilines is 1. The zero-order valence-electron chi connectivity index (χ0n) is 19.3. The second-order valence-electron chi connectivity index (χ2n) is 8.65. The van der Waals surface area contributed by atoms with Crippen LogP contribution in [0, 0.1) is 5.82 Å². The van der Waals surface area contributed by atoms with Crippen molar-refractivity contribution in [2.75, 3.05) is 18.4 Å². The standard InChI is InChI=1S/C27H25F4N3O2/c28-21-11-9-18(10-12-21)13-14-32-26(36)24-15-19-5-1-2-6-20(19)16-34(24)17-25(35)33-23-8-4-3-7-22(23)27(29,30)31/h1-12,24H,13-17H2,(H,32,36)(H,33,35). The van der Waals surface area contributed by atoms with Crippen molar-refractivity contribution in [3.63, 3.8) is 0 Å². The number of carbonyl (C=O) groups is 2. The number of halogens is 4. The molecule has 0 bridgehead atoms. The molecule has 1 aliphatic heterocycles. The van der Waals surface area contributed by atoms with E-state index in [0.29, 0.717) is 25.9 Å². The summed E-state index contributed by atoms with van der Waals surface area (Å²) in [6.07, 6.45) is -3.74. The summed E-state index contributed by atoms with van der Waals surface area (Å²) in [6.45, 7) is 0.374. The predicted octanol–water partition coefficient (Wildman–Crippen LogP) is 4.57. The lowest BCUT2D eigenvalue weighted by Gasteiger charge is -2.35. The van der Waals surface area contributed by atoms with Crippen LogP contribution in [0.5, 0.6) is 0 Å². The number of benzene rings is 3. The van der Waals surface area contributed by atoms with Crippen LogP contribution >= 0.6 is 0 Å². The van der Waals surface area contributed by atoms with Gasteiger partial charge in [0.25, 0.3) is 0 Å². The fraction of sp³-hybridized carbons (Fsp3) is 0.259. The molecule has 3 aromatic carbocycles. The van der Waals surface area contributed by atoms with Crippen molar-refractivity contribution in [1.29, 1.82) is 0 Å². The molecule has 9 heteroatoms. The number of carbonyl (C=O) groups excluding carboxylic acids is 2. The molecule has 0 aliphatic carbocycles. The lowest BCUT2D eigenvalue weighted by Crippen LogP contribution is -2.52. The van der Waals surface area contributed by atoms with Crippen LogP contribution in [0.4, 0.5) is 23.2 Å².